The second-order valence-corrected chi connectivity index (χ2v) is 9.91. The van der Waals surface area contributed by atoms with E-state index >= 15 is 0 Å². The summed E-state index contributed by atoms with van der Waals surface area (Å²) in [5.74, 6) is 0.419. The summed E-state index contributed by atoms with van der Waals surface area (Å²) in [7, 11) is 1.55. The van der Waals surface area contributed by atoms with E-state index in [0.717, 1.165) is 32.1 Å². The van der Waals surface area contributed by atoms with Gasteiger partial charge in [-0.1, -0.05) is 25.8 Å². The minimum atomic E-state index is -0.828. The molecule has 0 aliphatic carbocycles. The zero-order valence-corrected chi connectivity index (χ0v) is 22.4. The fourth-order valence-electron chi connectivity index (χ4n) is 5.28. The minimum absolute atomic E-state index is 0.00772. The number of aliphatic hydroxyl groups is 1. The van der Waals surface area contributed by atoms with Crippen molar-refractivity contribution in [1.29, 1.82) is 0 Å². The number of rotatable bonds is 10. The van der Waals surface area contributed by atoms with Crippen molar-refractivity contribution in [3.05, 3.63) is 53.1 Å². The van der Waals surface area contributed by atoms with Crippen molar-refractivity contribution in [2.75, 3.05) is 40.1 Å². The molecule has 9 nitrogen and oxygen atoms in total. The number of nitrogens with zero attached hydrogens (tertiary/aromatic N) is 1. The number of likely N-dealkylation sites (tertiary alicyclic amines) is 1. The van der Waals surface area contributed by atoms with E-state index in [2.05, 4.69) is 6.92 Å². The molecule has 3 aliphatic rings. The Balaban J connectivity index is 1.55. The Morgan fingerprint density at radius 2 is 1.85 bits per heavy atom. The number of Topliss-reactive ketones (excluding diaryl/α,β-unsaturated/α-hetero) is 1. The van der Waals surface area contributed by atoms with E-state index in [1.54, 1.807) is 37.4 Å². The second kappa shape index (κ2) is 12.0. The number of hydrogen-bond acceptors (Lipinski definition) is 8. The average Bonchev–Trinajstić information content (AvgIpc) is 3.57. The van der Waals surface area contributed by atoms with Gasteiger partial charge in [-0.05, 0) is 55.2 Å². The molecule has 1 amide bonds. The predicted octanol–water partition coefficient (Wildman–Crippen LogP) is 4.64. The van der Waals surface area contributed by atoms with E-state index in [1.807, 2.05) is 6.07 Å². The van der Waals surface area contributed by atoms with E-state index in [1.165, 1.54) is 4.90 Å². The van der Waals surface area contributed by atoms with Crippen LogP contribution in [0.5, 0.6) is 23.0 Å². The molecule has 0 bridgehead atoms. The van der Waals surface area contributed by atoms with E-state index in [-0.39, 0.29) is 24.0 Å². The van der Waals surface area contributed by atoms with Crippen LogP contribution in [-0.2, 0) is 14.3 Å². The van der Waals surface area contributed by atoms with Crippen molar-refractivity contribution in [3.63, 3.8) is 0 Å². The molecule has 0 saturated carbocycles. The van der Waals surface area contributed by atoms with E-state index in [9.17, 15) is 14.7 Å². The average molecular weight is 538 g/mol. The lowest BCUT2D eigenvalue weighted by molar-refractivity contribution is -0.140. The number of ketones is 1. The van der Waals surface area contributed by atoms with Gasteiger partial charge >= 0.3 is 0 Å². The lowest BCUT2D eigenvalue weighted by Crippen LogP contribution is -2.36. The van der Waals surface area contributed by atoms with E-state index in [0.29, 0.717) is 60.6 Å². The van der Waals surface area contributed by atoms with Crippen LogP contribution >= 0.6 is 0 Å². The molecule has 0 spiro atoms. The van der Waals surface area contributed by atoms with Gasteiger partial charge in [-0.2, -0.15) is 0 Å². The quantitative estimate of drug-likeness (QED) is 0.202. The van der Waals surface area contributed by atoms with Crippen molar-refractivity contribution in [2.45, 2.75) is 51.2 Å². The van der Waals surface area contributed by atoms with Crippen LogP contribution in [0.1, 0.15) is 56.2 Å². The molecule has 2 saturated heterocycles. The zero-order valence-electron chi connectivity index (χ0n) is 22.4. The molecule has 5 rings (SSSR count). The van der Waals surface area contributed by atoms with Gasteiger partial charge in [0.1, 0.15) is 19.0 Å². The van der Waals surface area contributed by atoms with Crippen LogP contribution in [0.3, 0.4) is 0 Å². The van der Waals surface area contributed by atoms with Gasteiger partial charge in [0.25, 0.3) is 11.7 Å². The summed E-state index contributed by atoms with van der Waals surface area (Å²) in [5.41, 5.74) is 1.000. The number of carbonyl (C=O) groups is 2. The summed E-state index contributed by atoms with van der Waals surface area (Å²) < 4.78 is 28.6. The Labute approximate surface area is 228 Å². The molecule has 0 radical (unpaired) electrons. The van der Waals surface area contributed by atoms with Crippen molar-refractivity contribution in [1.82, 2.24) is 4.90 Å². The third kappa shape index (κ3) is 5.54. The maximum Gasteiger partial charge on any atom is 0.295 e. The highest BCUT2D eigenvalue weighted by Gasteiger charge is 2.47. The number of unbranched alkanes of at least 4 members (excludes halogenated alkanes) is 2. The molecule has 3 aliphatic heterocycles. The predicted molar refractivity (Wildman–Crippen MR) is 143 cm³/mol. The first-order valence-electron chi connectivity index (χ1n) is 13.6. The first kappa shape index (κ1) is 26.9. The van der Waals surface area contributed by atoms with Crippen LogP contribution in [0.2, 0.25) is 0 Å². The number of aliphatic hydroxyl groups excluding tert-OH is 1. The normalized spacial score (nSPS) is 21.8. The summed E-state index contributed by atoms with van der Waals surface area (Å²) in [6.45, 7) is 4.38. The molecular weight excluding hydrogens is 502 g/mol. The number of methoxy groups -OCH3 is 1. The number of fused-ring (bicyclic) bond motifs is 1. The Hall–Kier alpha value is -3.72. The lowest BCUT2D eigenvalue weighted by atomic mass is 9.94. The lowest BCUT2D eigenvalue weighted by Gasteiger charge is -2.28. The van der Waals surface area contributed by atoms with E-state index in [4.69, 9.17) is 23.7 Å². The van der Waals surface area contributed by atoms with Gasteiger partial charge in [-0.3, -0.25) is 9.59 Å². The van der Waals surface area contributed by atoms with Gasteiger partial charge < -0.3 is 33.7 Å². The molecule has 9 heteroatoms. The fourth-order valence-corrected chi connectivity index (χ4v) is 5.28. The molecule has 2 aromatic rings. The Morgan fingerprint density at radius 1 is 1.03 bits per heavy atom. The highest BCUT2D eigenvalue weighted by molar-refractivity contribution is 6.46. The molecule has 39 heavy (non-hydrogen) atoms. The topological polar surface area (TPSA) is 104 Å². The van der Waals surface area contributed by atoms with Gasteiger partial charge in [-0.15, -0.1) is 0 Å². The smallest absolute Gasteiger partial charge is 0.295 e. The SMILES string of the molecule is CCCCCOc1ccc(C2/C(=C(\O)c3ccc4c(c3)OCCO4)C(=O)C(=O)N2CC2CCCO2)cc1OC. The number of ether oxygens (including phenoxy) is 5. The summed E-state index contributed by atoms with van der Waals surface area (Å²) in [6, 6.07) is 9.51. The zero-order chi connectivity index (χ0) is 27.4. The van der Waals surface area contributed by atoms with Gasteiger partial charge in [0.05, 0.1) is 31.4 Å². The van der Waals surface area contributed by atoms with E-state index < -0.39 is 17.7 Å². The molecule has 208 valence electrons. The van der Waals surface area contributed by atoms with Crippen LogP contribution in [0, 0.1) is 0 Å². The molecule has 2 fully saturated rings. The largest absolute Gasteiger partial charge is 0.507 e. The first-order chi connectivity index (χ1) is 19.0. The molecule has 0 aromatic heterocycles. The van der Waals surface area contributed by atoms with Crippen molar-refractivity contribution < 1.29 is 38.4 Å². The second-order valence-electron chi connectivity index (χ2n) is 9.91. The molecule has 2 atom stereocenters. The maximum atomic E-state index is 13.4. The molecule has 3 heterocycles. The Bertz CT molecular complexity index is 1250. The number of amides is 1. The van der Waals surface area contributed by atoms with Crippen LogP contribution in [-0.4, -0.2) is 67.9 Å². The third-order valence-corrected chi connectivity index (χ3v) is 7.29. The van der Waals surface area contributed by atoms with Gasteiger partial charge in [0.15, 0.2) is 23.0 Å². The summed E-state index contributed by atoms with van der Waals surface area (Å²) >= 11 is 0. The maximum absolute atomic E-state index is 13.4. The first-order valence-corrected chi connectivity index (χ1v) is 13.6. The highest BCUT2D eigenvalue weighted by atomic mass is 16.6. The third-order valence-electron chi connectivity index (χ3n) is 7.29. The summed E-state index contributed by atoms with van der Waals surface area (Å²) in [6.07, 6.45) is 4.60. The summed E-state index contributed by atoms with van der Waals surface area (Å²) in [4.78, 5) is 28.3. The van der Waals surface area contributed by atoms with Crippen LogP contribution in [0.4, 0.5) is 0 Å². The van der Waals surface area contributed by atoms with Gasteiger partial charge in [0.2, 0.25) is 0 Å². The monoisotopic (exact) mass is 537 g/mol. The standard InChI is InChI=1S/C30H35NO8/c1-3-4-5-12-37-22-10-8-19(16-24(22)35-2)27-26(29(33)30(34)31(27)18-21-7-6-13-36-21)28(32)20-9-11-23-25(17-20)39-15-14-38-23/h8-11,16-17,21,27,32H,3-7,12-15,18H2,1-2H3/b28-26+. The number of hydrogen-bond donors (Lipinski definition) is 1. The Kier molecular flexibility index (Phi) is 8.26. The minimum Gasteiger partial charge on any atom is -0.507 e. The van der Waals surface area contributed by atoms with Gasteiger partial charge in [-0.25, -0.2) is 0 Å². The Morgan fingerprint density at radius 3 is 2.59 bits per heavy atom. The molecular formula is C30H35NO8. The van der Waals surface area contributed by atoms with Gasteiger partial charge in [0, 0.05) is 18.7 Å². The van der Waals surface area contributed by atoms with Crippen molar-refractivity contribution in [2.24, 2.45) is 0 Å². The molecule has 1 N–H and O–H groups in total. The van der Waals surface area contributed by atoms with Crippen LogP contribution in [0.15, 0.2) is 42.0 Å². The van der Waals surface area contributed by atoms with Crippen LogP contribution < -0.4 is 18.9 Å². The number of carbonyl (C=O) groups excluding carboxylic acids is 2. The summed E-state index contributed by atoms with van der Waals surface area (Å²) in [5, 5.41) is 11.5. The fraction of sp³-hybridized carbons (Fsp3) is 0.467. The van der Waals surface area contributed by atoms with Crippen molar-refractivity contribution in [3.8, 4) is 23.0 Å². The highest BCUT2D eigenvalue weighted by Crippen LogP contribution is 2.43. The van der Waals surface area contributed by atoms with Crippen LogP contribution in [0.25, 0.3) is 5.76 Å². The molecule has 2 aromatic carbocycles. The number of benzene rings is 2. The van der Waals surface area contributed by atoms with Crippen molar-refractivity contribution >= 4 is 17.4 Å². The molecule has 2 unspecified atom stereocenters.